The van der Waals surface area contributed by atoms with E-state index in [2.05, 4.69) is 29.6 Å². The monoisotopic (exact) mass is 482 g/mol. The Morgan fingerprint density at radius 2 is 1.60 bits per heavy atom. The largest absolute Gasteiger partial charge is 0.480 e. The number of amides is 2. The number of carboxylic acids is 1. The normalized spacial score (nSPS) is 13.5. The molecule has 2 N–H and O–H groups in total. The molecule has 8 heteroatoms. The first-order chi connectivity index (χ1) is 16.6. The maximum atomic E-state index is 12.8. The molecular weight excluding hydrogens is 448 g/mol. The number of rotatable bonds is 10. The molecule has 35 heavy (non-hydrogen) atoms. The molecule has 0 radical (unpaired) electrons. The van der Waals surface area contributed by atoms with Crippen LogP contribution in [0.5, 0.6) is 0 Å². The minimum absolute atomic E-state index is 0.0474. The number of hydrogen-bond donors (Lipinski definition) is 2. The fourth-order valence-corrected chi connectivity index (χ4v) is 4.41. The first kappa shape index (κ1) is 26.2. The average molecular weight is 483 g/mol. The smallest absolute Gasteiger partial charge is 0.407 e. The van der Waals surface area contributed by atoms with Crippen LogP contribution in [0.3, 0.4) is 0 Å². The van der Waals surface area contributed by atoms with Crippen LogP contribution < -0.4 is 5.32 Å². The molecular formula is C27H34N2O6. The number of benzene rings is 2. The van der Waals surface area contributed by atoms with Crippen molar-refractivity contribution in [2.24, 2.45) is 0 Å². The van der Waals surface area contributed by atoms with Crippen LogP contribution in [0.15, 0.2) is 48.5 Å². The molecule has 2 amide bonds. The maximum absolute atomic E-state index is 12.8. The molecule has 188 valence electrons. The molecule has 0 fully saturated rings. The van der Waals surface area contributed by atoms with Crippen molar-refractivity contribution in [2.75, 3.05) is 26.3 Å². The molecule has 2 aromatic rings. The molecule has 1 unspecified atom stereocenters. The molecule has 0 heterocycles. The van der Waals surface area contributed by atoms with Crippen molar-refractivity contribution in [1.29, 1.82) is 0 Å². The number of carbonyl (C=O) groups excluding carboxylic acids is 2. The number of carboxylic acid groups (broad SMARTS) is 1. The number of carbonyl (C=O) groups is 3. The summed E-state index contributed by atoms with van der Waals surface area (Å²) in [6.07, 6.45) is -1.25. The summed E-state index contributed by atoms with van der Waals surface area (Å²) in [6.45, 7) is 7.33. The second-order valence-corrected chi connectivity index (χ2v) is 9.53. The lowest BCUT2D eigenvalue weighted by atomic mass is 9.98. The van der Waals surface area contributed by atoms with Gasteiger partial charge in [-0.1, -0.05) is 48.5 Å². The zero-order valence-corrected chi connectivity index (χ0v) is 20.7. The van der Waals surface area contributed by atoms with Crippen LogP contribution in [0.1, 0.15) is 51.2 Å². The van der Waals surface area contributed by atoms with E-state index in [-0.39, 0.29) is 31.4 Å². The highest BCUT2D eigenvalue weighted by atomic mass is 16.5. The quantitative estimate of drug-likeness (QED) is 0.530. The Morgan fingerprint density at radius 3 is 2.11 bits per heavy atom. The SMILES string of the molecule is CCOC(CNC(=O)OCC1c2ccccc2-c2ccccc21)CC(=O)N(CC(=O)O)C(C)(C)C. The van der Waals surface area contributed by atoms with Crippen molar-refractivity contribution in [3.05, 3.63) is 59.7 Å². The summed E-state index contributed by atoms with van der Waals surface area (Å²) in [5.41, 5.74) is 3.89. The number of nitrogens with one attached hydrogen (secondary N) is 1. The molecule has 0 saturated heterocycles. The predicted octanol–water partition coefficient (Wildman–Crippen LogP) is 4.03. The lowest BCUT2D eigenvalue weighted by Gasteiger charge is -2.35. The minimum Gasteiger partial charge on any atom is -0.480 e. The Balaban J connectivity index is 1.58. The van der Waals surface area contributed by atoms with Gasteiger partial charge in [0.1, 0.15) is 13.2 Å². The topological polar surface area (TPSA) is 105 Å². The van der Waals surface area contributed by atoms with Gasteiger partial charge in [0.25, 0.3) is 0 Å². The van der Waals surface area contributed by atoms with E-state index in [1.165, 1.54) is 4.90 Å². The van der Waals surface area contributed by atoms with Gasteiger partial charge in [0.15, 0.2) is 0 Å². The van der Waals surface area contributed by atoms with Crippen molar-refractivity contribution in [1.82, 2.24) is 10.2 Å². The first-order valence-electron chi connectivity index (χ1n) is 11.8. The third kappa shape index (κ3) is 6.60. The summed E-state index contributed by atoms with van der Waals surface area (Å²) >= 11 is 0. The van der Waals surface area contributed by atoms with Gasteiger partial charge in [0, 0.05) is 24.6 Å². The summed E-state index contributed by atoms with van der Waals surface area (Å²) in [6, 6.07) is 16.2. The first-order valence-corrected chi connectivity index (χ1v) is 11.8. The molecule has 0 aromatic heterocycles. The third-order valence-electron chi connectivity index (χ3n) is 6.03. The molecule has 2 aromatic carbocycles. The van der Waals surface area contributed by atoms with Crippen LogP contribution in [0.2, 0.25) is 0 Å². The van der Waals surface area contributed by atoms with Crippen LogP contribution in [-0.4, -0.2) is 65.9 Å². The van der Waals surface area contributed by atoms with Gasteiger partial charge in [-0.3, -0.25) is 9.59 Å². The fraction of sp³-hybridized carbons (Fsp3) is 0.444. The Labute approximate surface area is 206 Å². The molecule has 3 rings (SSSR count). The number of nitrogens with zero attached hydrogens (tertiary/aromatic N) is 1. The summed E-state index contributed by atoms with van der Waals surface area (Å²) < 4.78 is 11.2. The second-order valence-electron chi connectivity index (χ2n) is 9.53. The zero-order valence-electron chi connectivity index (χ0n) is 20.7. The van der Waals surface area contributed by atoms with E-state index in [0.717, 1.165) is 22.3 Å². The van der Waals surface area contributed by atoms with Crippen LogP contribution >= 0.6 is 0 Å². The van der Waals surface area contributed by atoms with Gasteiger partial charge in [0.2, 0.25) is 5.91 Å². The van der Waals surface area contributed by atoms with E-state index in [4.69, 9.17) is 9.47 Å². The molecule has 0 spiro atoms. The van der Waals surface area contributed by atoms with Crippen molar-refractivity contribution in [3.8, 4) is 11.1 Å². The molecule has 1 aliphatic rings. The van der Waals surface area contributed by atoms with Gasteiger partial charge >= 0.3 is 12.1 Å². The number of aliphatic carboxylic acids is 1. The third-order valence-corrected chi connectivity index (χ3v) is 6.03. The average Bonchev–Trinajstić information content (AvgIpc) is 3.12. The standard InChI is InChI=1S/C27H34N2O6/c1-5-34-18(14-24(30)29(16-25(31)32)27(2,3)4)15-28-26(33)35-17-23-21-12-8-6-10-19(21)20-11-7-9-13-22(20)23/h6-13,18,23H,5,14-17H2,1-4H3,(H,28,33)(H,31,32). The molecule has 1 atom stereocenters. The van der Waals surface area contributed by atoms with Crippen LogP contribution in [0, 0.1) is 0 Å². The van der Waals surface area contributed by atoms with E-state index in [1.807, 2.05) is 24.3 Å². The highest BCUT2D eigenvalue weighted by Crippen LogP contribution is 2.44. The maximum Gasteiger partial charge on any atom is 0.407 e. The van der Waals surface area contributed by atoms with Gasteiger partial charge in [-0.25, -0.2) is 4.79 Å². The van der Waals surface area contributed by atoms with Gasteiger partial charge in [-0.2, -0.15) is 0 Å². The number of alkyl carbamates (subject to hydrolysis) is 1. The van der Waals surface area contributed by atoms with Crippen LogP contribution in [-0.2, 0) is 19.1 Å². The lowest BCUT2D eigenvalue weighted by Crippen LogP contribution is -2.50. The zero-order chi connectivity index (χ0) is 25.6. The molecule has 8 nitrogen and oxygen atoms in total. The van der Waals surface area contributed by atoms with E-state index < -0.39 is 30.3 Å². The molecule has 0 bridgehead atoms. The van der Waals surface area contributed by atoms with E-state index >= 15 is 0 Å². The van der Waals surface area contributed by atoms with Crippen molar-refractivity contribution >= 4 is 18.0 Å². The number of ether oxygens (including phenoxy) is 2. The Hall–Kier alpha value is -3.39. The van der Waals surface area contributed by atoms with Crippen LogP contribution in [0.4, 0.5) is 4.79 Å². The molecule has 0 aliphatic heterocycles. The minimum atomic E-state index is -1.09. The highest BCUT2D eigenvalue weighted by molar-refractivity contribution is 5.82. The van der Waals surface area contributed by atoms with Crippen molar-refractivity contribution in [3.63, 3.8) is 0 Å². The molecule has 0 saturated carbocycles. The second kappa shape index (κ2) is 11.4. The lowest BCUT2D eigenvalue weighted by molar-refractivity contribution is -0.149. The van der Waals surface area contributed by atoms with Gasteiger partial charge in [-0.15, -0.1) is 0 Å². The predicted molar refractivity (Wildman–Crippen MR) is 132 cm³/mol. The summed E-state index contributed by atoms with van der Waals surface area (Å²) in [5, 5.41) is 11.9. The summed E-state index contributed by atoms with van der Waals surface area (Å²) in [7, 11) is 0. The summed E-state index contributed by atoms with van der Waals surface area (Å²) in [5.74, 6) is -1.49. The van der Waals surface area contributed by atoms with E-state index in [9.17, 15) is 19.5 Å². The Kier molecular flexibility index (Phi) is 8.51. The Morgan fingerprint density at radius 1 is 1.03 bits per heavy atom. The van der Waals surface area contributed by atoms with Gasteiger partial charge in [-0.05, 0) is 49.9 Å². The van der Waals surface area contributed by atoms with Gasteiger partial charge in [0.05, 0.1) is 12.5 Å². The summed E-state index contributed by atoms with van der Waals surface area (Å²) in [4.78, 5) is 37.8. The van der Waals surface area contributed by atoms with Crippen molar-refractivity contribution in [2.45, 2.75) is 51.7 Å². The van der Waals surface area contributed by atoms with E-state index in [1.54, 1.807) is 27.7 Å². The fourth-order valence-electron chi connectivity index (χ4n) is 4.41. The van der Waals surface area contributed by atoms with Crippen molar-refractivity contribution < 1.29 is 29.0 Å². The number of hydrogen-bond acceptors (Lipinski definition) is 5. The van der Waals surface area contributed by atoms with Gasteiger partial charge < -0.3 is 24.8 Å². The Bertz CT molecular complexity index is 1020. The highest BCUT2D eigenvalue weighted by Gasteiger charge is 2.31. The van der Waals surface area contributed by atoms with E-state index in [0.29, 0.717) is 6.61 Å². The van der Waals surface area contributed by atoms with Crippen LogP contribution in [0.25, 0.3) is 11.1 Å². The molecule has 1 aliphatic carbocycles. The number of fused-ring (bicyclic) bond motifs is 3.